The molecule has 0 aliphatic carbocycles. The van der Waals surface area contributed by atoms with E-state index in [9.17, 15) is 9.59 Å². The van der Waals surface area contributed by atoms with Gasteiger partial charge in [0.15, 0.2) is 0 Å². The number of nitrogens with zero attached hydrogens (tertiary/aromatic N) is 2. The number of esters is 1. The van der Waals surface area contributed by atoms with Crippen molar-refractivity contribution >= 4 is 55.9 Å². The van der Waals surface area contributed by atoms with Gasteiger partial charge < -0.3 is 20.1 Å². The van der Waals surface area contributed by atoms with Crippen molar-refractivity contribution in [3.8, 4) is 5.75 Å². The van der Waals surface area contributed by atoms with Gasteiger partial charge in [0.2, 0.25) is 5.91 Å². The van der Waals surface area contributed by atoms with Gasteiger partial charge in [-0.2, -0.15) is 0 Å². The van der Waals surface area contributed by atoms with E-state index in [1.807, 2.05) is 24.3 Å². The summed E-state index contributed by atoms with van der Waals surface area (Å²) in [5, 5.41) is 6.66. The fourth-order valence-corrected chi connectivity index (χ4v) is 3.16. The Kier molecular flexibility index (Phi) is 7.55. The van der Waals surface area contributed by atoms with Gasteiger partial charge in [0, 0.05) is 21.6 Å². The van der Waals surface area contributed by atoms with Gasteiger partial charge >= 0.3 is 5.97 Å². The SMILES string of the molecule is C=CC(=O)Nc1cc2c(Nc3cccc(Br)c3)ncnc2cc1OCCC(=O)OCC. The predicted octanol–water partition coefficient (Wildman–Crippen LogP) is 4.59. The van der Waals surface area contributed by atoms with Crippen LogP contribution in [0.5, 0.6) is 5.75 Å². The zero-order chi connectivity index (χ0) is 22.2. The number of amides is 1. The van der Waals surface area contributed by atoms with Crippen LogP contribution < -0.4 is 15.4 Å². The Morgan fingerprint density at radius 1 is 1.23 bits per heavy atom. The molecule has 31 heavy (non-hydrogen) atoms. The minimum Gasteiger partial charge on any atom is -0.491 e. The normalized spacial score (nSPS) is 10.4. The summed E-state index contributed by atoms with van der Waals surface area (Å²) in [6.07, 6.45) is 2.68. The van der Waals surface area contributed by atoms with Crippen molar-refractivity contribution in [1.82, 2.24) is 9.97 Å². The highest BCUT2D eigenvalue weighted by Crippen LogP contribution is 2.33. The summed E-state index contributed by atoms with van der Waals surface area (Å²) in [5.41, 5.74) is 1.85. The van der Waals surface area contributed by atoms with Crippen LogP contribution in [-0.4, -0.2) is 35.1 Å². The molecule has 0 unspecified atom stereocenters. The molecule has 3 aromatic rings. The Morgan fingerprint density at radius 2 is 2.06 bits per heavy atom. The smallest absolute Gasteiger partial charge is 0.309 e. The molecule has 1 aromatic heterocycles. The van der Waals surface area contributed by atoms with Gasteiger partial charge in [0.25, 0.3) is 0 Å². The molecule has 0 bridgehead atoms. The summed E-state index contributed by atoms with van der Waals surface area (Å²) < 4.78 is 11.6. The molecule has 0 spiro atoms. The Bertz CT molecular complexity index is 1120. The lowest BCUT2D eigenvalue weighted by atomic mass is 10.1. The van der Waals surface area contributed by atoms with Crippen LogP contribution in [0.4, 0.5) is 17.2 Å². The first kappa shape index (κ1) is 22.2. The van der Waals surface area contributed by atoms with Crippen molar-refractivity contribution in [2.75, 3.05) is 23.8 Å². The quantitative estimate of drug-likeness (QED) is 0.338. The van der Waals surface area contributed by atoms with Crippen molar-refractivity contribution in [2.24, 2.45) is 0 Å². The highest BCUT2D eigenvalue weighted by Gasteiger charge is 2.14. The predicted molar refractivity (Wildman–Crippen MR) is 123 cm³/mol. The fraction of sp³-hybridized carbons (Fsp3) is 0.182. The number of ether oxygens (including phenoxy) is 2. The average Bonchev–Trinajstić information content (AvgIpc) is 2.74. The number of nitrogens with one attached hydrogen (secondary N) is 2. The number of rotatable bonds is 9. The van der Waals surface area contributed by atoms with Crippen molar-refractivity contribution < 1.29 is 19.1 Å². The molecule has 0 saturated carbocycles. The van der Waals surface area contributed by atoms with E-state index >= 15 is 0 Å². The average molecular weight is 485 g/mol. The second-order valence-electron chi connectivity index (χ2n) is 6.32. The van der Waals surface area contributed by atoms with E-state index in [1.54, 1.807) is 19.1 Å². The highest BCUT2D eigenvalue weighted by atomic mass is 79.9. The molecule has 0 aliphatic rings. The van der Waals surface area contributed by atoms with Crippen molar-refractivity contribution in [3.05, 3.63) is 59.9 Å². The van der Waals surface area contributed by atoms with Gasteiger partial charge in [0.05, 0.1) is 30.8 Å². The number of benzene rings is 2. The Morgan fingerprint density at radius 3 is 2.81 bits per heavy atom. The summed E-state index contributed by atoms with van der Waals surface area (Å²) in [6.45, 7) is 5.62. The van der Waals surface area contributed by atoms with Gasteiger partial charge in [-0.3, -0.25) is 9.59 Å². The molecular formula is C22H21BrN4O4. The molecule has 9 heteroatoms. The number of carbonyl (C=O) groups is 2. The van der Waals surface area contributed by atoms with Crippen LogP contribution in [0, 0.1) is 0 Å². The Balaban J connectivity index is 1.94. The van der Waals surface area contributed by atoms with E-state index < -0.39 is 5.91 Å². The summed E-state index contributed by atoms with van der Waals surface area (Å²) in [4.78, 5) is 32.2. The first-order valence-electron chi connectivity index (χ1n) is 9.53. The number of hydrogen-bond acceptors (Lipinski definition) is 7. The zero-order valence-electron chi connectivity index (χ0n) is 16.9. The summed E-state index contributed by atoms with van der Waals surface area (Å²) in [6, 6.07) is 11.1. The fourth-order valence-electron chi connectivity index (χ4n) is 2.76. The Labute approximate surface area is 187 Å². The topological polar surface area (TPSA) is 102 Å². The van der Waals surface area contributed by atoms with E-state index in [1.165, 1.54) is 6.33 Å². The third-order valence-electron chi connectivity index (χ3n) is 4.14. The van der Waals surface area contributed by atoms with E-state index in [0.717, 1.165) is 16.2 Å². The number of carbonyl (C=O) groups excluding carboxylic acids is 2. The van der Waals surface area contributed by atoms with E-state index in [0.29, 0.717) is 34.8 Å². The molecule has 0 atom stereocenters. The van der Waals surface area contributed by atoms with E-state index in [-0.39, 0.29) is 19.0 Å². The van der Waals surface area contributed by atoms with Crippen molar-refractivity contribution in [2.45, 2.75) is 13.3 Å². The molecule has 1 amide bonds. The molecule has 0 radical (unpaired) electrons. The van der Waals surface area contributed by atoms with Gasteiger partial charge in [0.1, 0.15) is 17.9 Å². The van der Waals surface area contributed by atoms with Crippen LogP contribution in [0.2, 0.25) is 0 Å². The highest BCUT2D eigenvalue weighted by molar-refractivity contribution is 9.10. The molecule has 0 fully saturated rings. The third kappa shape index (κ3) is 6.02. The molecule has 0 aliphatic heterocycles. The number of fused-ring (bicyclic) bond motifs is 1. The molecular weight excluding hydrogens is 464 g/mol. The van der Waals surface area contributed by atoms with Gasteiger partial charge in [-0.25, -0.2) is 9.97 Å². The lowest BCUT2D eigenvalue weighted by Crippen LogP contribution is -2.12. The van der Waals surface area contributed by atoms with Crippen LogP contribution in [0.3, 0.4) is 0 Å². The maximum atomic E-state index is 11.9. The lowest BCUT2D eigenvalue weighted by Gasteiger charge is -2.15. The first-order chi connectivity index (χ1) is 15.0. The van der Waals surface area contributed by atoms with E-state index in [2.05, 4.69) is 43.1 Å². The molecule has 160 valence electrons. The largest absolute Gasteiger partial charge is 0.491 e. The molecule has 8 nitrogen and oxygen atoms in total. The van der Waals surface area contributed by atoms with E-state index in [4.69, 9.17) is 9.47 Å². The van der Waals surface area contributed by atoms with Crippen LogP contribution in [0.25, 0.3) is 10.9 Å². The van der Waals surface area contributed by atoms with Crippen LogP contribution in [0.1, 0.15) is 13.3 Å². The number of hydrogen-bond donors (Lipinski definition) is 2. The summed E-state index contributed by atoms with van der Waals surface area (Å²) >= 11 is 3.45. The van der Waals surface area contributed by atoms with Crippen molar-refractivity contribution in [3.63, 3.8) is 0 Å². The first-order valence-corrected chi connectivity index (χ1v) is 10.3. The minimum atomic E-state index is -0.395. The summed E-state index contributed by atoms with van der Waals surface area (Å²) in [5.74, 6) is 0.185. The van der Waals surface area contributed by atoms with Gasteiger partial charge in [-0.05, 0) is 37.3 Å². The number of halogens is 1. The number of aromatic nitrogens is 2. The minimum absolute atomic E-state index is 0.0835. The second kappa shape index (κ2) is 10.5. The Hall–Kier alpha value is -3.46. The maximum Gasteiger partial charge on any atom is 0.309 e. The number of anilines is 3. The molecule has 0 saturated heterocycles. The van der Waals surface area contributed by atoms with Crippen LogP contribution >= 0.6 is 15.9 Å². The summed E-state index contributed by atoms with van der Waals surface area (Å²) in [7, 11) is 0. The maximum absolute atomic E-state index is 11.9. The zero-order valence-corrected chi connectivity index (χ0v) is 18.4. The van der Waals surface area contributed by atoms with Gasteiger partial charge in [-0.15, -0.1) is 0 Å². The third-order valence-corrected chi connectivity index (χ3v) is 4.63. The standard InChI is InChI=1S/C22H21BrN4O4/c1-3-20(28)27-18-11-16-17(12-19(18)31-9-8-21(29)30-4-2)24-13-25-22(16)26-15-7-5-6-14(23)10-15/h3,5-7,10-13H,1,4,8-9H2,2H3,(H,27,28)(H,24,25,26). The molecule has 3 rings (SSSR count). The molecule has 2 N–H and O–H groups in total. The molecule has 2 aromatic carbocycles. The van der Waals surface area contributed by atoms with Crippen LogP contribution in [0.15, 0.2) is 59.9 Å². The second-order valence-corrected chi connectivity index (χ2v) is 7.24. The molecule has 1 heterocycles. The van der Waals surface area contributed by atoms with Crippen LogP contribution in [-0.2, 0) is 14.3 Å². The van der Waals surface area contributed by atoms with Gasteiger partial charge in [-0.1, -0.05) is 28.6 Å². The monoisotopic (exact) mass is 484 g/mol. The van der Waals surface area contributed by atoms with Crippen molar-refractivity contribution in [1.29, 1.82) is 0 Å². The lowest BCUT2D eigenvalue weighted by molar-refractivity contribution is -0.143.